The first kappa shape index (κ1) is 29.3. The van der Waals surface area contributed by atoms with Crippen molar-refractivity contribution in [3.63, 3.8) is 0 Å². The number of benzene rings is 2. The van der Waals surface area contributed by atoms with Crippen LogP contribution in [0.5, 0.6) is 5.75 Å². The maximum Gasteiger partial charge on any atom is 0.433 e. The summed E-state index contributed by atoms with van der Waals surface area (Å²) in [6.07, 6.45) is -5.10. The first-order chi connectivity index (χ1) is 19.4. The molecule has 3 aromatic rings. The number of imide groups is 1. The van der Waals surface area contributed by atoms with Gasteiger partial charge in [-0.05, 0) is 55.0 Å². The van der Waals surface area contributed by atoms with Gasteiger partial charge in [-0.3, -0.25) is 14.4 Å². The van der Waals surface area contributed by atoms with Crippen LogP contribution in [0.4, 0.5) is 18.9 Å². The fraction of sp³-hybridized carbons (Fsp3) is 0.214. The number of nitrogens with zero attached hydrogens (tertiary/aromatic N) is 3. The Balaban J connectivity index is 1.45. The molecule has 1 fully saturated rings. The minimum Gasteiger partial charge on any atom is -0.496 e. The van der Waals surface area contributed by atoms with Crippen LogP contribution in [0.1, 0.15) is 44.0 Å². The number of hydrogen-bond donors (Lipinski definition) is 0. The van der Waals surface area contributed by atoms with E-state index in [4.69, 9.17) is 9.47 Å². The minimum atomic E-state index is -4.76. The van der Waals surface area contributed by atoms with Crippen molar-refractivity contribution in [2.75, 3.05) is 18.6 Å². The monoisotopic (exact) mass is 583 g/mol. The number of carbonyl (C=O) groups excluding carboxylic acids is 4. The predicted octanol–water partition coefficient (Wildman–Crippen LogP) is 4.75. The molecular formula is C28H20F3N3O6S. The third kappa shape index (κ3) is 6.22. The van der Waals surface area contributed by atoms with E-state index in [1.165, 1.54) is 44.4 Å². The van der Waals surface area contributed by atoms with Gasteiger partial charge in [-0.15, -0.1) is 0 Å². The van der Waals surface area contributed by atoms with Crippen molar-refractivity contribution in [1.82, 2.24) is 4.98 Å². The Morgan fingerprint density at radius 3 is 2.46 bits per heavy atom. The smallest absolute Gasteiger partial charge is 0.433 e. The lowest BCUT2D eigenvalue weighted by molar-refractivity contribution is -0.141. The highest BCUT2D eigenvalue weighted by atomic mass is 32.2. The molecule has 41 heavy (non-hydrogen) atoms. The van der Waals surface area contributed by atoms with Gasteiger partial charge in [-0.1, -0.05) is 23.9 Å². The Labute approximate surface area is 235 Å². The number of ketones is 1. The molecule has 0 aliphatic carbocycles. The van der Waals surface area contributed by atoms with Crippen LogP contribution in [-0.2, 0) is 20.5 Å². The second kappa shape index (κ2) is 11.8. The number of carbonyl (C=O) groups is 4. The maximum atomic E-state index is 13.3. The number of aryl methyl sites for hydroxylation is 1. The summed E-state index contributed by atoms with van der Waals surface area (Å²) in [7, 11) is 1.41. The number of aromatic nitrogens is 1. The first-order valence-corrected chi connectivity index (χ1v) is 12.8. The van der Waals surface area contributed by atoms with Crippen LogP contribution < -0.4 is 9.64 Å². The number of hydrogen-bond acceptors (Lipinski definition) is 9. The zero-order chi connectivity index (χ0) is 29.9. The molecule has 0 bridgehead atoms. The number of thioether (sulfide) groups is 1. The number of esters is 1. The van der Waals surface area contributed by atoms with Gasteiger partial charge in [0, 0.05) is 6.42 Å². The molecule has 0 spiro atoms. The number of amides is 2. The van der Waals surface area contributed by atoms with Gasteiger partial charge in [0.15, 0.2) is 6.61 Å². The largest absolute Gasteiger partial charge is 0.496 e. The molecule has 0 N–H and O–H groups in total. The van der Waals surface area contributed by atoms with Crippen molar-refractivity contribution < 1.29 is 41.8 Å². The minimum absolute atomic E-state index is 0.0398. The fourth-order valence-corrected chi connectivity index (χ4v) is 5.20. The number of pyridine rings is 1. The van der Waals surface area contributed by atoms with Crippen LogP contribution in [-0.4, -0.2) is 47.5 Å². The van der Waals surface area contributed by atoms with Gasteiger partial charge in [0.05, 0.1) is 34.7 Å². The van der Waals surface area contributed by atoms with E-state index < -0.39 is 47.3 Å². The van der Waals surface area contributed by atoms with Gasteiger partial charge in [0.1, 0.15) is 22.5 Å². The number of anilines is 1. The summed E-state index contributed by atoms with van der Waals surface area (Å²) in [6, 6.07) is 14.3. The van der Waals surface area contributed by atoms with Crippen LogP contribution in [0.2, 0.25) is 0 Å². The normalized spacial score (nSPS) is 15.0. The summed E-state index contributed by atoms with van der Waals surface area (Å²) < 4.78 is 50.0. The molecule has 1 aliphatic rings. The highest BCUT2D eigenvalue weighted by molar-refractivity contribution is 8.00. The van der Waals surface area contributed by atoms with E-state index >= 15 is 0 Å². The Morgan fingerprint density at radius 1 is 1.15 bits per heavy atom. The molecule has 1 unspecified atom stereocenters. The highest BCUT2D eigenvalue weighted by Crippen LogP contribution is 2.38. The lowest BCUT2D eigenvalue weighted by atomic mass is 10.1. The first-order valence-electron chi connectivity index (χ1n) is 11.9. The average molecular weight is 584 g/mol. The number of alkyl halides is 3. The number of Topliss-reactive ketones (excluding diaryl/α,β-unsaturated/α-hetero) is 1. The SMILES string of the molecule is COc1ccccc1C(=O)COC(=O)c1ccc(N2C(=O)CC(Sc3nc(C(F)(F)F)cc(C)c3C#N)C2=O)cc1. The molecule has 1 atom stereocenters. The second-order valence-corrected chi connectivity index (χ2v) is 9.93. The fourth-order valence-electron chi connectivity index (χ4n) is 4.03. The number of para-hydroxylation sites is 1. The molecule has 1 aliphatic heterocycles. The van der Waals surface area contributed by atoms with Crippen LogP contribution in [0.3, 0.4) is 0 Å². The van der Waals surface area contributed by atoms with E-state index in [1.54, 1.807) is 24.3 Å². The lowest BCUT2D eigenvalue weighted by Gasteiger charge is -2.16. The summed E-state index contributed by atoms with van der Waals surface area (Å²) in [5, 5.41) is 8.01. The van der Waals surface area contributed by atoms with E-state index in [0.717, 1.165) is 11.0 Å². The molecule has 2 amide bonds. The van der Waals surface area contributed by atoms with E-state index in [9.17, 15) is 37.6 Å². The van der Waals surface area contributed by atoms with Crippen molar-refractivity contribution >= 4 is 41.0 Å². The average Bonchev–Trinajstić information content (AvgIpc) is 3.22. The van der Waals surface area contributed by atoms with E-state index in [1.807, 2.05) is 0 Å². The second-order valence-electron chi connectivity index (χ2n) is 8.74. The van der Waals surface area contributed by atoms with Crippen molar-refractivity contribution in [3.05, 3.63) is 82.5 Å². The quantitative estimate of drug-likeness (QED) is 0.210. The topological polar surface area (TPSA) is 127 Å². The number of nitriles is 1. The molecule has 1 aromatic heterocycles. The van der Waals surface area contributed by atoms with Crippen LogP contribution in [0.25, 0.3) is 0 Å². The van der Waals surface area contributed by atoms with Crippen molar-refractivity contribution in [3.8, 4) is 11.8 Å². The van der Waals surface area contributed by atoms with Crippen LogP contribution >= 0.6 is 11.8 Å². The third-order valence-electron chi connectivity index (χ3n) is 6.05. The Bertz CT molecular complexity index is 1580. The summed E-state index contributed by atoms with van der Waals surface area (Å²) in [5.74, 6) is -2.29. The third-order valence-corrected chi connectivity index (χ3v) is 7.22. The maximum absolute atomic E-state index is 13.3. The summed E-state index contributed by atoms with van der Waals surface area (Å²) in [6.45, 7) is 0.783. The molecule has 0 radical (unpaired) electrons. The zero-order valence-electron chi connectivity index (χ0n) is 21.5. The lowest BCUT2D eigenvalue weighted by Crippen LogP contribution is -2.31. The van der Waals surface area contributed by atoms with Gasteiger partial charge in [0.2, 0.25) is 17.6 Å². The molecule has 210 valence electrons. The molecule has 9 nitrogen and oxygen atoms in total. The van der Waals surface area contributed by atoms with Crippen LogP contribution in [0, 0.1) is 18.3 Å². The van der Waals surface area contributed by atoms with E-state index in [-0.39, 0.29) is 39.4 Å². The predicted molar refractivity (Wildman–Crippen MR) is 139 cm³/mol. The molecule has 2 heterocycles. The Hall–Kier alpha value is -4.70. The van der Waals surface area contributed by atoms with Gasteiger partial charge in [0.25, 0.3) is 0 Å². The highest BCUT2D eigenvalue weighted by Gasteiger charge is 2.42. The van der Waals surface area contributed by atoms with Crippen molar-refractivity contribution in [2.24, 2.45) is 0 Å². The molecule has 0 saturated carbocycles. The van der Waals surface area contributed by atoms with Crippen molar-refractivity contribution in [1.29, 1.82) is 5.26 Å². The van der Waals surface area contributed by atoms with Gasteiger partial charge >= 0.3 is 12.1 Å². The number of methoxy groups -OCH3 is 1. The molecule has 13 heteroatoms. The molecule has 1 saturated heterocycles. The molecular weight excluding hydrogens is 563 g/mol. The van der Waals surface area contributed by atoms with Gasteiger partial charge in [-0.25, -0.2) is 14.7 Å². The number of halogens is 3. The zero-order valence-corrected chi connectivity index (χ0v) is 22.3. The number of ether oxygens (including phenoxy) is 2. The summed E-state index contributed by atoms with van der Waals surface area (Å²) >= 11 is 0.615. The molecule has 2 aromatic carbocycles. The Morgan fingerprint density at radius 2 is 1.83 bits per heavy atom. The van der Waals surface area contributed by atoms with Crippen LogP contribution in [0.15, 0.2) is 59.6 Å². The van der Waals surface area contributed by atoms with Gasteiger partial charge < -0.3 is 9.47 Å². The summed E-state index contributed by atoms with van der Waals surface area (Å²) in [4.78, 5) is 55.1. The van der Waals surface area contributed by atoms with Gasteiger partial charge in [-0.2, -0.15) is 18.4 Å². The van der Waals surface area contributed by atoms with E-state index in [2.05, 4.69) is 4.98 Å². The standard InChI is InChI=1S/C28H20F3N3O6S/c1-15-11-23(28(29,30)31)33-25(19(15)13-32)41-22-12-24(36)34(26(22)37)17-9-7-16(8-10-17)27(38)40-14-20(35)18-5-3-4-6-21(18)39-2/h3-11,22H,12,14H2,1-2H3. The molecule has 4 rings (SSSR count). The van der Waals surface area contributed by atoms with Crippen molar-refractivity contribution in [2.45, 2.75) is 29.8 Å². The Kier molecular flexibility index (Phi) is 8.44. The van der Waals surface area contributed by atoms with E-state index in [0.29, 0.717) is 17.5 Å². The number of rotatable bonds is 8. The summed E-state index contributed by atoms with van der Waals surface area (Å²) in [5.41, 5.74) is -0.870.